The number of H-pyrrole nitrogens is 1. The van der Waals surface area contributed by atoms with Gasteiger partial charge in [0.2, 0.25) is 0 Å². The van der Waals surface area contributed by atoms with Gasteiger partial charge in [0.05, 0.1) is 61.4 Å². The number of alkyl halides is 3. The number of amidine groups is 4. The first-order valence-electron chi connectivity index (χ1n) is 38.7. The Kier molecular flexibility index (Phi) is 32.8. The van der Waals surface area contributed by atoms with Crippen molar-refractivity contribution in [3.8, 4) is 45.0 Å². The van der Waals surface area contributed by atoms with Crippen molar-refractivity contribution in [2.45, 2.75) is 45.1 Å². The molecular formula is C93H85Cl4F3N18O6. The molecule has 31 heteroatoms. The maximum atomic E-state index is 12.8. The summed E-state index contributed by atoms with van der Waals surface area (Å²) in [6.45, 7) is 5.81. The van der Waals surface area contributed by atoms with Crippen molar-refractivity contribution >= 4 is 116 Å². The molecule has 12 N–H and O–H groups in total. The van der Waals surface area contributed by atoms with Crippen molar-refractivity contribution < 1.29 is 41.8 Å². The average molecular weight is 1750 g/mol. The standard InChI is InChI=1S/C25H25ClN4O2.C24H21ClN6O.C23H23ClN4O2.C21H16ClF3N4O/c1-16-14-30(15-17(2)32-16)24(27)18-6-8-19(9-7-18)25(31)29-20-10-11-22(26)21(13-20)23-5-3-4-12-28-23;25-21-9-8-18(13-20(21)22-3-1-2-11-28-22)31-24(32)17-6-4-16(5-7-17)23(26)29-12-10-19-14-27-15-30-19;1-30-14-4-13-27-22(25)16-6-8-17(9-7-16)23(29)28-18-10-11-20(24)19(15-18)21-5-2-3-12-26-21;22-17-9-8-15(11-16(17)18-3-1-2-10-27-18)29-20(30)14-6-4-13(5-7-14)19(26)28-12-21(23,24)25/h3-13,16-17,27H,14-15H2,1-2H3,(H,29,31);1-9,11,13-15H,10,12H2,(H2,26,29)(H,27,30)(H,31,32);2-3,5-12,15H,4,13-14H2,1H3,(H2,25,27)(H,28,29);1-11H,12H2,(H2,26,28)(H,29,30). The number of aliphatic imine (C=N–C) groups is 3. The number of carbonyl (C=O) groups is 4. The van der Waals surface area contributed by atoms with Gasteiger partial charge < -0.3 is 57.8 Å². The van der Waals surface area contributed by atoms with E-state index >= 15 is 0 Å². The number of amides is 4. The number of morpholine rings is 1. The Morgan fingerprint density at radius 2 is 0.782 bits per heavy atom. The molecule has 1 aliphatic rings. The minimum absolute atomic E-state index is 0.0829. The highest BCUT2D eigenvalue weighted by atomic mass is 35.5. The third-order valence-corrected chi connectivity index (χ3v) is 19.9. The van der Waals surface area contributed by atoms with Gasteiger partial charge in [-0.1, -0.05) is 119 Å². The summed E-state index contributed by atoms with van der Waals surface area (Å²) in [7, 11) is 1.65. The van der Waals surface area contributed by atoms with Crippen LogP contribution in [0, 0.1) is 5.41 Å². The number of pyridine rings is 4. The predicted octanol–water partition coefficient (Wildman–Crippen LogP) is 18.7. The molecule has 632 valence electrons. The second kappa shape index (κ2) is 44.7. The number of imidazole rings is 1. The molecule has 6 heterocycles. The summed E-state index contributed by atoms with van der Waals surface area (Å²) in [5.41, 5.74) is 31.3. The summed E-state index contributed by atoms with van der Waals surface area (Å²) >= 11 is 25.2. The summed E-state index contributed by atoms with van der Waals surface area (Å²) in [5.74, 6) is -0.0433. The highest BCUT2D eigenvalue weighted by molar-refractivity contribution is 6.35. The third kappa shape index (κ3) is 26.8. The number of rotatable bonds is 24. The summed E-state index contributed by atoms with van der Waals surface area (Å²) in [6.07, 6.45) is 7.40. The molecule has 1 saturated heterocycles. The number of aromatic amines is 1. The van der Waals surface area contributed by atoms with Crippen molar-refractivity contribution in [3.05, 3.63) is 350 Å². The monoisotopic (exact) mass is 1750 g/mol. The quantitative estimate of drug-likeness (QED) is 0.0154. The first-order valence-corrected chi connectivity index (χ1v) is 40.3. The van der Waals surface area contributed by atoms with E-state index in [-0.39, 0.29) is 35.8 Å². The van der Waals surface area contributed by atoms with Crippen LogP contribution < -0.4 is 38.5 Å². The zero-order valence-electron chi connectivity index (χ0n) is 67.2. The van der Waals surface area contributed by atoms with E-state index in [9.17, 15) is 32.3 Å². The Labute approximate surface area is 733 Å². The van der Waals surface area contributed by atoms with E-state index in [1.165, 1.54) is 24.3 Å². The van der Waals surface area contributed by atoms with E-state index < -0.39 is 18.6 Å². The van der Waals surface area contributed by atoms with Crippen LogP contribution in [0.2, 0.25) is 20.1 Å². The largest absolute Gasteiger partial charge is 0.408 e. The molecule has 8 aromatic carbocycles. The smallest absolute Gasteiger partial charge is 0.385 e. The van der Waals surface area contributed by atoms with Gasteiger partial charge in [-0.2, -0.15) is 13.2 Å². The van der Waals surface area contributed by atoms with E-state index in [4.69, 9.17) is 78.5 Å². The predicted molar refractivity (Wildman–Crippen MR) is 486 cm³/mol. The van der Waals surface area contributed by atoms with Gasteiger partial charge in [-0.25, -0.2) is 4.98 Å². The first kappa shape index (κ1) is 91.0. The number of benzene rings is 8. The van der Waals surface area contributed by atoms with Crippen LogP contribution in [-0.2, 0) is 15.9 Å². The van der Waals surface area contributed by atoms with Crippen LogP contribution in [0.1, 0.15) is 89.6 Å². The molecule has 124 heavy (non-hydrogen) atoms. The highest BCUT2D eigenvalue weighted by Crippen LogP contribution is 2.34. The SMILES string of the molecule is CC1CN(C(=N)c2ccc(C(=O)Nc3ccc(Cl)c(-c4ccccn4)c3)cc2)CC(C)O1.COCCCN=C(N)c1ccc(C(=O)Nc2ccc(Cl)c(-c3ccccn3)c2)cc1.NC(=NCC(F)(F)F)c1ccc(C(=O)Nc2ccc(Cl)c(-c3ccccn3)c2)cc1.NC(=NCCc1cnc[nH]1)c1ccc(C(=O)Nc2ccc(Cl)c(-c3ccccn3)c2)cc1. The number of halogens is 7. The number of aromatic nitrogens is 6. The molecule has 14 rings (SSSR count). The second-order valence-electron chi connectivity index (χ2n) is 27.8. The number of nitrogens with one attached hydrogen (secondary N) is 6. The number of nitrogens with two attached hydrogens (primary N) is 3. The van der Waals surface area contributed by atoms with Gasteiger partial charge in [0, 0.05) is 173 Å². The van der Waals surface area contributed by atoms with Gasteiger partial charge in [0.15, 0.2) is 0 Å². The number of hydrogen-bond acceptors (Lipinski definition) is 15. The van der Waals surface area contributed by atoms with E-state index in [1.807, 2.05) is 104 Å². The number of hydrogen-bond donors (Lipinski definition) is 9. The zero-order valence-corrected chi connectivity index (χ0v) is 70.2. The minimum atomic E-state index is -4.43. The summed E-state index contributed by atoms with van der Waals surface area (Å²) in [4.78, 5) is 88.9. The Hall–Kier alpha value is -13.8. The van der Waals surface area contributed by atoms with Crippen LogP contribution in [0.3, 0.4) is 0 Å². The van der Waals surface area contributed by atoms with Crippen LogP contribution >= 0.6 is 46.4 Å². The van der Waals surface area contributed by atoms with Gasteiger partial charge in [-0.15, -0.1) is 0 Å². The topological polar surface area (TPSA) is 357 Å². The van der Waals surface area contributed by atoms with Gasteiger partial charge in [0.1, 0.15) is 29.9 Å². The van der Waals surface area contributed by atoms with Crippen LogP contribution in [0.15, 0.2) is 295 Å². The third-order valence-electron chi connectivity index (χ3n) is 18.6. The second-order valence-corrected chi connectivity index (χ2v) is 29.4. The molecule has 4 amide bonds. The number of nitrogens with zero attached hydrogens (tertiary/aromatic N) is 9. The molecule has 2 unspecified atom stereocenters. The lowest BCUT2D eigenvalue weighted by atomic mass is 10.1. The summed E-state index contributed by atoms with van der Waals surface area (Å²) in [5, 5.41) is 22.2. The fourth-order valence-electron chi connectivity index (χ4n) is 12.4. The van der Waals surface area contributed by atoms with Crippen molar-refractivity contribution in [3.63, 3.8) is 0 Å². The van der Waals surface area contributed by atoms with Crippen LogP contribution in [-0.4, -0.2) is 147 Å². The Morgan fingerprint density at radius 1 is 0.468 bits per heavy atom. The molecule has 24 nitrogen and oxygen atoms in total. The lowest BCUT2D eigenvalue weighted by Gasteiger charge is -2.36. The summed E-state index contributed by atoms with van der Waals surface area (Å²) in [6, 6.07) is 70.0. The number of ether oxygens (including phenoxy) is 2. The molecule has 0 bridgehead atoms. The molecule has 0 spiro atoms. The Bertz CT molecular complexity index is 5860. The fraction of sp³-hybridized carbons (Fsp3) is 0.151. The molecule has 13 aromatic rings. The highest BCUT2D eigenvalue weighted by Gasteiger charge is 2.28. The van der Waals surface area contributed by atoms with E-state index in [0.29, 0.717) is 132 Å². The van der Waals surface area contributed by atoms with Crippen molar-refractivity contribution in [1.29, 1.82) is 5.41 Å². The first-order chi connectivity index (χ1) is 59.8. The molecule has 2 atom stereocenters. The zero-order chi connectivity index (χ0) is 88.1. The molecule has 0 saturated carbocycles. The van der Waals surface area contributed by atoms with Gasteiger partial charge >= 0.3 is 6.18 Å². The van der Waals surface area contributed by atoms with E-state index in [2.05, 4.69) is 66.1 Å². The maximum absolute atomic E-state index is 12.8. The van der Waals surface area contributed by atoms with E-state index in [1.54, 1.807) is 178 Å². The Balaban J connectivity index is 0.000000161. The lowest BCUT2D eigenvalue weighted by molar-refractivity contribution is -0.118. The normalized spacial score (nSPS) is 13.3. The van der Waals surface area contributed by atoms with Crippen LogP contribution in [0.5, 0.6) is 0 Å². The van der Waals surface area contributed by atoms with Gasteiger partial charge in [-0.3, -0.25) is 59.5 Å². The maximum Gasteiger partial charge on any atom is 0.408 e. The van der Waals surface area contributed by atoms with Gasteiger partial charge in [-0.05, 0) is 190 Å². The molecule has 1 fully saturated rings. The minimum Gasteiger partial charge on any atom is -0.385 e. The van der Waals surface area contributed by atoms with Crippen molar-refractivity contribution in [1.82, 2.24) is 34.8 Å². The van der Waals surface area contributed by atoms with E-state index in [0.717, 1.165) is 69.0 Å². The number of methoxy groups -OCH3 is 1. The molecule has 1 aliphatic heterocycles. The summed E-state index contributed by atoms with van der Waals surface area (Å²) < 4.78 is 47.5. The van der Waals surface area contributed by atoms with Crippen molar-refractivity contribution in [2.24, 2.45) is 32.2 Å². The molecule has 5 aromatic heterocycles. The lowest BCUT2D eigenvalue weighted by Crippen LogP contribution is -2.48. The number of anilines is 4. The van der Waals surface area contributed by atoms with Crippen LogP contribution in [0.25, 0.3) is 45.0 Å². The average Bonchev–Trinajstić information content (AvgIpc) is 1.17. The molecule has 0 aliphatic carbocycles. The Morgan fingerprint density at radius 3 is 1.08 bits per heavy atom. The van der Waals surface area contributed by atoms with Crippen LogP contribution in [0.4, 0.5) is 35.9 Å². The van der Waals surface area contributed by atoms with Gasteiger partial charge in [0.25, 0.3) is 23.6 Å². The van der Waals surface area contributed by atoms with Crippen molar-refractivity contribution in [2.75, 3.05) is 67.7 Å². The number of carbonyl (C=O) groups excluding carboxylic acids is 4. The molecular weight excluding hydrogens is 1660 g/mol. The molecule has 0 radical (unpaired) electrons. The fourth-order valence-corrected chi connectivity index (χ4v) is 13.2.